The van der Waals surface area contributed by atoms with Crippen LogP contribution in [0, 0.1) is 11.8 Å². The highest BCUT2D eigenvalue weighted by Gasteiger charge is 2.29. The molecule has 8 nitrogen and oxygen atoms in total. The summed E-state index contributed by atoms with van der Waals surface area (Å²) in [6, 6.07) is 1.65. The Morgan fingerprint density at radius 3 is 2.81 bits per heavy atom. The molecule has 2 aliphatic rings. The van der Waals surface area contributed by atoms with Gasteiger partial charge in [-0.2, -0.15) is 9.97 Å². The van der Waals surface area contributed by atoms with E-state index in [4.69, 9.17) is 19.9 Å². The molecule has 0 fully saturated rings. The normalized spacial score (nSPS) is 23.6. The van der Waals surface area contributed by atoms with Crippen molar-refractivity contribution in [2.45, 2.75) is 13.5 Å². The molecule has 3 heterocycles. The second kappa shape index (κ2) is 6.86. The standard InChI is InChI=1S/C19H22N4O4/c1-11-12-5-6-14(25-2)17(11)27-8-4-3-7-26-15-9-13-16(18(20)21-15)22-19(24)23(13)10-12/h3-6,9,11-12H,7-8,10H2,1-2H3,(H2,20,21)(H,22,24)/b4-3+. The van der Waals surface area contributed by atoms with Gasteiger partial charge in [0.15, 0.2) is 11.6 Å². The third kappa shape index (κ3) is 3.07. The summed E-state index contributed by atoms with van der Waals surface area (Å²) in [7, 11) is 1.63. The number of ether oxygens (including phenoxy) is 3. The minimum atomic E-state index is -0.104. The topological polar surface area (TPSA) is 105 Å². The molecule has 1 aliphatic heterocycles. The molecule has 142 valence electrons. The van der Waals surface area contributed by atoms with E-state index < -0.39 is 0 Å². The van der Waals surface area contributed by atoms with Crippen molar-refractivity contribution in [1.82, 2.24) is 14.5 Å². The van der Waals surface area contributed by atoms with Crippen LogP contribution in [0.3, 0.4) is 0 Å². The highest BCUT2D eigenvalue weighted by molar-refractivity contribution is 5.86. The first kappa shape index (κ1) is 17.3. The van der Waals surface area contributed by atoms with E-state index in [1.54, 1.807) is 17.7 Å². The molecule has 2 unspecified atom stereocenters. The first-order chi connectivity index (χ1) is 13.1. The van der Waals surface area contributed by atoms with Gasteiger partial charge in [0, 0.05) is 24.4 Å². The molecule has 0 amide bonds. The number of nitrogens with zero attached hydrogens (tertiary/aromatic N) is 3. The van der Waals surface area contributed by atoms with Crippen molar-refractivity contribution in [2.75, 3.05) is 26.1 Å². The summed E-state index contributed by atoms with van der Waals surface area (Å²) in [5.74, 6) is 2.26. The van der Waals surface area contributed by atoms with E-state index in [-0.39, 0.29) is 23.7 Å². The maximum Gasteiger partial charge on any atom is 0.294 e. The van der Waals surface area contributed by atoms with E-state index in [1.807, 2.05) is 18.2 Å². The summed E-state index contributed by atoms with van der Waals surface area (Å²) >= 11 is 0. The predicted molar refractivity (Wildman–Crippen MR) is 100 cm³/mol. The van der Waals surface area contributed by atoms with Gasteiger partial charge in [0.2, 0.25) is 5.88 Å². The van der Waals surface area contributed by atoms with Crippen molar-refractivity contribution in [2.24, 2.45) is 11.8 Å². The number of aromatic hydroxyl groups is 1. The molecule has 27 heavy (non-hydrogen) atoms. The van der Waals surface area contributed by atoms with E-state index in [0.717, 1.165) is 5.76 Å². The third-order valence-electron chi connectivity index (χ3n) is 4.96. The molecule has 0 spiro atoms. The Morgan fingerprint density at radius 2 is 2.04 bits per heavy atom. The van der Waals surface area contributed by atoms with Crippen molar-refractivity contribution >= 4 is 16.9 Å². The van der Waals surface area contributed by atoms with Crippen molar-refractivity contribution in [3.8, 4) is 11.9 Å². The monoisotopic (exact) mass is 370 g/mol. The van der Waals surface area contributed by atoms with E-state index in [1.165, 1.54) is 0 Å². The van der Waals surface area contributed by atoms with Crippen LogP contribution in [0.15, 0.2) is 41.9 Å². The molecular formula is C19H22N4O4. The van der Waals surface area contributed by atoms with Gasteiger partial charge in [-0.25, -0.2) is 0 Å². The lowest BCUT2D eigenvalue weighted by atomic mass is 9.87. The molecule has 0 saturated heterocycles. The number of methoxy groups -OCH3 is 1. The molecule has 0 saturated carbocycles. The van der Waals surface area contributed by atoms with Gasteiger partial charge in [0.25, 0.3) is 6.01 Å². The van der Waals surface area contributed by atoms with E-state index in [9.17, 15) is 5.11 Å². The summed E-state index contributed by atoms with van der Waals surface area (Å²) < 4.78 is 18.8. The fourth-order valence-electron chi connectivity index (χ4n) is 3.45. The fourth-order valence-corrected chi connectivity index (χ4v) is 3.45. The number of hydrogen-bond donors (Lipinski definition) is 2. The van der Waals surface area contributed by atoms with Crippen LogP contribution in [0.2, 0.25) is 0 Å². The minimum Gasteiger partial charge on any atom is -0.493 e. The lowest BCUT2D eigenvalue weighted by Gasteiger charge is -2.29. The van der Waals surface area contributed by atoms with Crippen molar-refractivity contribution in [3.63, 3.8) is 0 Å². The maximum atomic E-state index is 10.4. The zero-order valence-electron chi connectivity index (χ0n) is 15.3. The zero-order chi connectivity index (χ0) is 19.0. The number of fused-ring (bicyclic) bond motifs is 3. The molecular weight excluding hydrogens is 348 g/mol. The Hall–Kier alpha value is -3.16. The van der Waals surface area contributed by atoms with Crippen LogP contribution < -0.4 is 10.5 Å². The van der Waals surface area contributed by atoms with Crippen LogP contribution in [-0.4, -0.2) is 40.0 Å². The van der Waals surface area contributed by atoms with Crippen LogP contribution in [-0.2, 0) is 16.0 Å². The number of rotatable bonds is 1. The summed E-state index contributed by atoms with van der Waals surface area (Å²) in [4.78, 5) is 8.39. The Bertz CT molecular complexity index is 960. The SMILES string of the molecule is COC1=C2OC/C=C/COc3cc4c(nc(O)n4CC(C=C1)C2C)c(N)n3. The Kier molecular flexibility index (Phi) is 4.39. The van der Waals surface area contributed by atoms with Crippen LogP contribution >= 0.6 is 0 Å². The number of nitrogen functional groups attached to an aromatic ring is 1. The summed E-state index contributed by atoms with van der Waals surface area (Å²) in [6.45, 7) is 3.32. The molecule has 0 radical (unpaired) electrons. The van der Waals surface area contributed by atoms with Gasteiger partial charge in [-0.05, 0) is 18.2 Å². The molecule has 2 aromatic rings. The zero-order valence-corrected chi connectivity index (χ0v) is 15.3. The Labute approximate surface area is 156 Å². The van der Waals surface area contributed by atoms with Gasteiger partial charge >= 0.3 is 0 Å². The highest BCUT2D eigenvalue weighted by Crippen LogP contribution is 2.35. The van der Waals surface area contributed by atoms with Crippen molar-refractivity contribution in [3.05, 3.63) is 41.9 Å². The van der Waals surface area contributed by atoms with E-state index in [0.29, 0.717) is 42.4 Å². The highest BCUT2D eigenvalue weighted by atomic mass is 16.5. The summed E-state index contributed by atoms with van der Waals surface area (Å²) in [5.41, 5.74) is 7.16. The van der Waals surface area contributed by atoms with Gasteiger partial charge in [-0.3, -0.25) is 4.57 Å². The maximum absolute atomic E-state index is 10.4. The lowest BCUT2D eigenvalue weighted by Crippen LogP contribution is -2.23. The molecule has 1 aliphatic carbocycles. The molecule has 3 N–H and O–H groups in total. The lowest BCUT2D eigenvalue weighted by molar-refractivity contribution is 0.152. The Morgan fingerprint density at radius 1 is 1.26 bits per heavy atom. The Balaban J connectivity index is 1.82. The second-order valence-electron chi connectivity index (χ2n) is 6.57. The van der Waals surface area contributed by atoms with Crippen LogP contribution in [0.5, 0.6) is 11.9 Å². The summed E-state index contributed by atoms with van der Waals surface area (Å²) in [6.07, 6.45) is 7.72. The smallest absolute Gasteiger partial charge is 0.294 e. The number of pyridine rings is 1. The quantitative estimate of drug-likeness (QED) is 0.743. The van der Waals surface area contributed by atoms with Gasteiger partial charge < -0.3 is 25.1 Å². The van der Waals surface area contributed by atoms with Crippen molar-refractivity contribution in [1.29, 1.82) is 0 Å². The molecule has 4 rings (SSSR count). The molecule has 2 aromatic heterocycles. The number of hydrogen-bond acceptors (Lipinski definition) is 7. The predicted octanol–water partition coefficient (Wildman–Crippen LogP) is 2.36. The van der Waals surface area contributed by atoms with Gasteiger partial charge in [-0.15, -0.1) is 0 Å². The van der Waals surface area contributed by atoms with Crippen LogP contribution in [0.4, 0.5) is 5.82 Å². The first-order valence-electron chi connectivity index (χ1n) is 8.81. The number of anilines is 1. The van der Waals surface area contributed by atoms with E-state index >= 15 is 0 Å². The second-order valence-corrected chi connectivity index (χ2v) is 6.57. The molecule has 0 aromatic carbocycles. The summed E-state index contributed by atoms with van der Waals surface area (Å²) in [5, 5.41) is 10.4. The van der Waals surface area contributed by atoms with Crippen LogP contribution in [0.1, 0.15) is 6.92 Å². The molecule has 8 heteroatoms. The van der Waals surface area contributed by atoms with E-state index in [2.05, 4.69) is 23.0 Å². The van der Waals surface area contributed by atoms with Gasteiger partial charge in [0.1, 0.15) is 24.5 Å². The number of aromatic nitrogens is 3. The third-order valence-corrected chi connectivity index (χ3v) is 4.96. The molecule has 2 atom stereocenters. The minimum absolute atomic E-state index is 0.0630. The van der Waals surface area contributed by atoms with Gasteiger partial charge in [0.05, 0.1) is 12.6 Å². The first-order valence-corrected chi connectivity index (χ1v) is 8.81. The number of imidazole rings is 1. The van der Waals surface area contributed by atoms with Gasteiger partial charge in [-0.1, -0.05) is 13.0 Å². The number of allylic oxidation sites excluding steroid dienone is 3. The number of nitrogens with two attached hydrogens (primary N) is 1. The molecule has 4 bridgehead atoms. The van der Waals surface area contributed by atoms with Crippen molar-refractivity contribution < 1.29 is 19.3 Å². The van der Waals surface area contributed by atoms with Crippen LogP contribution in [0.25, 0.3) is 11.0 Å². The largest absolute Gasteiger partial charge is 0.493 e. The fraction of sp³-hybridized carbons (Fsp3) is 0.368. The average molecular weight is 370 g/mol. The average Bonchev–Trinajstić information content (AvgIpc) is 2.96.